The molecule has 2 aliphatic rings. The van der Waals surface area contributed by atoms with Gasteiger partial charge >= 0.3 is 0 Å². The molecule has 1 aliphatic carbocycles. The second kappa shape index (κ2) is 10.9. The van der Waals surface area contributed by atoms with Crippen molar-refractivity contribution in [1.29, 1.82) is 0 Å². The van der Waals surface area contributed by atoms with Crippen LogP contribution in [0.15, 0.2) is 24.3 Å². The molecule has 1 fully saturated rings. The number of ether oxygens (including phenoxy) is 2. The van der Waals surface area contributed by atoms with Crippen molar-refractivity contribution in [3.8, 4) is 11.8 Å². The first-order chi connectivity index (χ1) is 17.6. The van der Waals surface area contributed by atoms with Gasteiger partial charge in [-0.05, 0) is 75.3 Å². The fraction of sp³-hybridized carbons (Fsp3) is 0.556. The molecule has 9 heteroatoms. The van der Waals surface area contributed by atoms with Gasteiger partial charge in [0.2, 0.25) is 11.8 Å². The predicted octanol–water partition coefficient (Wildman–Crippen LogP) is 2.97. The summed E-state index contributed by atoms with van der Waals surface area (Å²) in [6, 6.07) is 7.94. The van der Waals surface area contributed by atoms with Crippen LogP contribution in [0.5, 0.6) is 11.8 Å². The topological polar surface area (TPSA) is 93.8 Å². The number of fused-ring (bicyclic) bond motifs is 3. The van der Waals surface area contributed by atoms with Crippen molar-refractivity contribution in [3.63, 3.8) is 0 Å². The van der Waals surface area contributed by atoms with Gasteiger partial charge in [-0.15, -0.1) is 5.10 Å². The van der Waals surface area contributed by atoms with Crippen LogP contribution in [0.4, 0.5) is 0 Å². The first-order valence-electron chi connectivity index (χ1n) is 13.1. The van der Waals surface area contributed by atoms with Crippen molar-refractivity contribution < 1.29 is 19.4 Å². The van der Waals surface area contributed by atoms with E-state index in [0.717, 1.165) is 57.3 Å². The lowest BCUT2D eigenvalue weighted by molar-refractivity contribution is 0.0474. The Morgan fingerprint density at radius 2 is 2.03 bits per heavy atom. The molecule has 1 aliphatic heterocycles. The minimum Gasteiger partial charge on any atom is -0.481 e. The van der Waals surface area contributed by atoms with Crippen molar-refractivity contribution in [3.05, 3.63) is 41.1 Å². The number of aliphatic hydroxyl groups is 1. The highest BCUT2D eigenvalue weighted by Crippen LogP contribution is 2.33. The number of carbonyl (C=O) groups excluding carboxylic acids is 1. The minimum atomic E-state index is -0.412. The zero-order chi connectivity index (χ0) is 25.1. The van der Waals surface area contributed by atoms with E-state index >= 15 is 0 Å². The second-order valence-electron chi connectivity index (χ2n) is 9.80. The molecule has 3 heterocycles. The Bertz CT molecular complexity index is 1220. The van der Waals surface area contributed by atoms with E-state index in [2.05, 4.69) is 27.1 Å². The number of methoxy groups -OCH3 is 2. The Kier molecular flexibility index (Phi) is 7.48. The fourth-order valence-corrected chi connectivity index (χ4v) is 5.65. The molecule has 2 N–H and O–H groups in total. The largest absolute Gasteiger partial charge is 0.481 e. The van der Waals surface area contributed by atoms with E-state index in [9.17, 15) is 9.90 Å². The number of aromatic nitrogens is 3. The first kappa shape index (κ1) is 24.6. The number of likely N-dealkylation sites (tertiary alicyclic amines) is 1. The summed E-state index contributed by atoms with van der Waals surface area (Å²) >= 11 is 0. The Morgan fingerprint density at radius 1 is 1.17 bits per heavy atom. The number of aliphatic hydroxyl groups excluding tert-OH is 1. The standard InChI is InChI=1S/C27H37N5O4/c1-35-25-16-26(36-2)32(29-25)18-28-12-6-14-31-23-9-4-3-8-21(23)22-15-19(10-11-24(22)31)27(34)30-13-5-7-20(33)17-30/h10-11,15-16,20,28,33H,3-9,12-14,17-18H2,1-2H3. The Morgan fingerprint density at radius 3 is 2.83 bits per heavy atom. The van der Waals surface area contributed by atoms with Crippen LogP contribution >= 0.6 is 0 Å². The highest BCUT2D eigenvalue weighted by Gasteiger charge is 2.25. The first-order valence-corrected chi connectivity index (χ1v) is 13.1. The third-order valence-electron chi connectivity index (χ3n) is 7.44. The summed E-state index contributed by atoms with van der Waals surface area (Å²) in [6.45, 7) is 3.46. The van der Waals surface area contributed by atoms with Crippen molar-refractivity contribution in [1.82, 2.24) is 24.6 Å². The zero-order valence-electron chi connectivity index (χ0n) is 21.3. The van der Waals surface area contributed by atoms with Gasteiger partial charge < -0.3 is 24.0 Å². The summed E-state index contributed by atoms with van der Waals surface area (Å²) in [5.74, 6) is 1.23. The molecule has 0 radical (unpaired) electrons. The SMILES string of the molecule is COc1cc(OC)n(CNCCCn2c3c(c4cc(C(=O)N5CCCC(O)C5)ccc42)CCCC3)n1. The normalized spacial score (nSPS) is 17.9. The molecule has 5 rings (SSSR count). The number of rotatable bonds is 9. The van der Waals surface area contributed by atoms with Crippen molar-refractivity contribution in [2.75, 3.05) is 33.9 Å². The lowest BCUT2D eigenvalue weighted by Crippen LogP contribution is -2.42. The molecule has 0 saturated carbocycles. The summed E-state index contributed by atoms with van der Waals surface area (Å²) in [5, 5.41) is 19.0. The molecule has 194 valence electrons. The average molecular weight is 496 g/mol. The lowest BCUT2D eigenvalue weighted by Gasteiger charge is -2.30. The van der Waals surface area contributed by atoms with E-state index in [1.165, 1.54) is 35.0 Å². The van der Waals surface area contributed by atoms with E-state index in [1.54, 1.807) is 29.9 Å². The molecule has 0 bridgehead atoms. The molecular weight excluding hydrogens is 458 g/mol. The van der Waals surface area contributed by atoms with E-state index in [4.69, 9.17) is 9.47 Å². The summed E-state index contributed by atoms with van der Waals surface area (Å²) in [7, 11) is 3.22. The van der Waals surface area contributed by atoms with E-state index < -0.39 is 6.10 Å². The van der Waals surface area contributed by atoms with Crippen molar-refractivity contribution >= 4 is 16.8 Å². The summed E-state index contributed by atoms with van der Waals surface area (Å²) < 4.78 is 14.8. The van der Waals surface area contributed by atoms with Gasteiger partial charge in [0, 0.05) is 41.8 Å². The van der Waals surface area contributed by atoms with Gasteiger partial charge in [0.15, 0.2) is 0 Å². The molecule has 1 saturated heterocycles. The maximum atomic E-state index is 13.2. The Balaban J connectivity index is 1.28. The lowest BCUT2D eigenvalue weighted by atomic mass is 9.95. The Labute approximate surface area is 212 Å². The number of β-amino-alcohol motifs (C(OH)–C–C–N with tert-alkyl or cyclic N) is 1. The summed E-state index contributed by atoms with van der Waals surface area (Å²) in [4.78, 5) is 15.0. The molecule has 2 aromatic heterocycles. The number of hydrogen-bond donors (Lipinski definition) is 2. The maximum Gasteiger partial charge on any atom is 0.253 e. The van der Waals surface area contributed by atoms with Gasteiger partial charge in [-0.1, -0.05) is 0 Å². The van der Waals surface area contributed by atoms with Gasteiger partial charge in [-0.3, -0.25) is 10.1 Å². The smallest absolute Gasteiger partial charge is 0.253 e. The van der Waals surface area contributed by atoms with Crippen LogP contribution in [0.2, 0.25) is 0 Å². The Hall–Kier alpha value is -3.04. The number of aryl methyl sites for hydroxylation is 2. The van der Waals surface area contributed by atoms with Gasteiger partial charge in [-0.2, -0.15) is 0 Å². The van der Waals surface area contributed by atoms with Gasteiger partial charge in [-0.25, -0.2) is 4.68 Å². The number of amides is 1. The third-order valence-corrected chi connectivity index (χ3v) is 7.44. The van der Waals surface area contributed by atoms with Gasteiger partial charge in [0.25, 0.3) is 5.91 Å². The van der Waals surface area contributed by atoms with Crippen LogP contribution in [0.1, 0.15) is 53.7 Å². The van der Waals surface area contributed by atoms with Gasteiger partial charge in [0.1, 0.15) is 0 Å². The fourth-order valence-electron chi connectivity index (χ4n) is 5.65. The minimum absolute atomic E-state index is 0.0304. The predicted molar refractivity (Wildman–Crippen MR) is 138 cm³/mol. The van der Waals surface area contributed by atoms with Crippen molar-refractivity contribution in [2.24, 2.45) is 0 Å². The van der Waals surface area contributed by atoms with Gasteiger partial charge in [0.05, 0.1) is 33.1 Å². The number of hydrogen-bond acceptors (Lipinski definition) is 6. The molecule has 1 unspecified atom stereocenters. The van der Waals surface area contributed by atoms with Crippen LogP contribution in [0.25, 0.3) is 10.9 Å². The molecule has 9 nitrogen and oxygen atoms in total. The number of nitrogens with zero attached hydrogens (tertiary/aromatic N) is 4. The molecule has 1 atom stereocenters. The quantitative estimate of drug-likeness (QED) is 0.444. The van der Waals surface area contributed by atoms with E-state index in [-0.39, 0.29) is 5.91 Å². The van der Waals surface area contributed by atoms with Crippen LogP contribution in [-0.2, 0) is 26.1 Å². The number of piperidine rings is 1. The van der Waals surface area contributed by atoms with Crippen LogP contribution < -0.4 is 14.8 Å². The van der Waals surface area contributed by atoms with E-state index in [0.29, 0.717) is 25.0 Å². The average Bonchev–Trinajstić information content (AvgIpc) is 3.46. The summed E-state index contributed by atoms with van der Waals surface area (Å²) in [6.07, 6.45) is 6.75. The molecule has 1 aromatic carbocycles. The maximum absolute atomic E-state index is 13.2. The number of carbonyl (C=O) groups is 1. The van der Waals surface area contributed by atoms with E-state index in [1.807, 2.05) is 6.07 Å². The second-order valence-corrected chi connectivity index (χ2v) is 9.80. The molecule has 1 amide bonds. The van der Waals surface area contributed by atoms with Crippen LogP contribution in [-0.4, -0.2) is 70.2 Å². The molecule has 0 spiro atoms. The monoisotopic (exact) mass is 495 g/mol. The third kappa shape index (κ3) is 4.95. The number of nitrogens with one attached hydrogen (secondary N) is 1. The molecule has 36 heavy (non-hydrogen) atoms. The van der Waals surface area contributed by atoms with Crippen LogP contribution in [0, 0.1) is 0 Å². The highest BCUT2D eigenvalue weighted by atomic mass is 16.5. The zero-order valence-corrected chi connectivity index (χ0v) is 21.3. The van der Waals surface area contributed by atoms with Crippen LogP contribution in [0.3, 0.4) is 0 Å². The summed E-state index contributed by atoms with van der Waals surface area (Å²) in [5.41, 5.74) is 4.78. The number of benzene rings is 1. The van der Waals surface area contributed by atoms with Crippen molar-refractivity contribution in [2.45, 2.75) is 64.3 Å². The molecule has 3 aromatic rings. The highest BCUT2D eigenvalue weighted by molar-refractivity contribution is 5.99. The molecular formula is C27H37N5O4.